The van der Waals surface area contributed by atoms with Crippen LogP contribution in [0.25, 0.3) is 0 Å². The average Bonchev–Trinajstić information content (AvgIpc) is 3.28. The van der Waals surface area contributed by atoms with Gasteiger partial charge in [-0.05, 0) is 30.5 Å². The molecule has 2 atom stereocenters. The molecular weight excluding hydrogens is 372 g/mol. The SMILES string of the molecule is CN=C(NCc1cccc(OCC(=O)N(C)C)c1)N1CCOC(C2CCCO2)C1. The fourth-order valence-electron chi connectivity index (χ4n) is 3.52. The van der Waals surface area contributed by atoms with Crippen molar-refractivity contribution in [3.63, 3.8) is 0 Å². The Kier molecular flexibility index (Phi) is 7.71. The first kappa shape index (κ1) is 21.4. The number of hydrogen-bond acceptors (Lipinski definition) is 5. The summed E-state index contributed by atoms with van der Waals surface area (Å²) in [5.41, 5.74) is 1.06. The number of likely N-dealkylation sites (N-methyl/N-ethyl adjacent to an activating group) is 1. The summed E-state index contributed by atoms with van der Waals surface area (Å²) in [4.78, 5) is 19.9. The van der Waals surface area contributed by atoms with Crippen molar-refractivity contribution in [1.29, 1.82) is 0 Å². The summed E-state index contributed by atoms with van der Waals surface area (Å²) in [5.74, 6) is 1.46. The van der Waals surface area contributed by atoms with Gasteiger partial charge in [-0.1, -0.05) is 12.1 Å². The van der Waals surface area contributed by atoms with Crippen LogP contribution in [0.5, 0.6) is 5.75 Å². The van der Waals surface area contributed by atoms with E-state index in [1.165, 1.54) is 4.90 Å². The number of carbonyl (C=O) groups excluding carboxylic acids is 1. The Labute approximate surface area is 172 Å². The van der Waals surface area contributed by atoms with Gasteiger partial charge in [0.25, 0.3) is 5.91 Å². The third-order valence-electron chi connectivity index (χ3n) is 5.19. The standard InChI is InChI=1S/C21H32N4O4/c1-22-21(25-9-11-28-19(14-25)18-8-5-10-27-18)23-13-16-6-4-7-17(12-16)29-15-20(26)24(2)3/h4,6-7,12,18-19H,5,8-11,13-15H2,1-3H3,(H,22,23). The molecule has 2 heterocycles. The second-order valence-corrected chi connectivity index (χ2v) is 7.53. The van der Waals surface area contributed by atoms with E-state index in [1.54, 1.807) is 21.1 Å². The number of morpholine rings is 1. The third-order valence-corrected chi connectivity index (χ3v) is 5.19. The predicted octanol–water partition coefficient (Wildman–Crippen LogP) is 1.11. The van der Waals surface area contributed by atoms with Crippen LogP contribution in [0.3, 0.4) is 0 Å². The monoisotopic (exact) mass is 404 g/mol. The second kappa shape index (κ2) is 10.5. The Morgan fingerprint density at radius 1 is 1.31 bits per heavy atom. The summed E-state index contributed by atoms with van der Waals surface area (Å²) < 4.78 is 17.3. The zero-order valence-corrected chi connectivity index (χ0v) is 17.6. The highest BCUT2D eigenvalue weighted by Crippen LogP contribution is 2.21. The van der Waals surface area contributed by atoms with Crippen molar-refractivity contribution in [3.05, 3.63) is 29.8 Å². The van der Waals surface area contributed by atoms with Gasteiger partial charge in [0, 0.05) is 47.4 Å². The lowest BCUT2D eigenvalue weighted by Crippen LogP contribution is -2.53. The Balaban J connectivity index is 1.52. The topological polar surface area (TPSA) is 75.6 Å². The molecule has 0 radical (unpaired) electrons. The molecule has 1 amide bonds. The molecule has 1 aromatic carbocycles. The molecule has 0 aromatic heterocycles. The van der Waals surface area contributed by atoms with Gasteiger partial charge in [-0.2, -0.15) is 0 Å². The molecule has 2 aliphatic rings. The number of guanidine groups is 1. The van der Waals surface area contributed by atoms with Gasteiger partial charge in [0.15, 0.2) is 12.6 Å². The average molecular weight is 405 g/mol. The Morgan fingerprint density at radius 2 is 2.14 bits per heavy atom. The van der Waals surface area contributed by atoms with E-state index >= 15 is 0 Å². The highest BCUT2D eigenvalue weighted by atomic mass is 16.5. The van der Waals surface area contributed by atoms with Crippen LogP contribution < -0.4 is 10.1 Å². The number of benzene rings is 1. The molecule has 0 spiro atoms. The van der Waals surface area contributed by atoms with Crippen molar-refractivity contribution in [3.8, 4) is 5.75 Å². The summed E-state index contributed by atoms with van der Waals surface area (Å²) in [5, 5.41) is 3.43. The Hall–Kier alpha value is -2.32. The normalized spacial score (nSPS) is 22.4. The van der Waals surface area contributed by atoms with Crippen molar-refractivity contribution in [2.24, 2.45) is 4.99 Å². The lowest BCUT2D eigenvalue weighted by atomic mass is 10.1. The fraction of sp³-hybridized carbons (Fsp3) is 0.619. The van der Waals surface area contributed by atoms with Gasteiger partial charge in [-0.3, -0.25) is 9.79 Å². The van der Waals surface area contributed by atoms with Crippen LogP contribution in [-0.4, -0.2) is 87.9 Å². The van der Waals surface area contributed by atoms with Crippen LogP contribution in [0.2, 0.25) is 0 Å². The number of aliphatic imine (C=N–C) groups is 1. The fourth-order valence-corrected chi connectivity index (χ4v) is 3.52. The second-order valence-electron chi connectivity index (χ2n) is 7.53. The highest BCUT2D eigenvalue weighted by Gasteiger charge is 2.32. The molecule has 2 saturated heterocycles. The molecule has 0 bridgehead atoms. The maximum atomic E-state index is 11.7. The van der Waals surface area contributed by atoms with Crippen LogP contribution in [0.1, 0.15) is 18.4 Å². The number of amides is 1. The minimum atomic E-state index is -0.0676. The molecule has 29 heavy (non-hydrogen) atoms. The molecule has 8 heteroatoms. The van der Waals surface area contributed by atoms with Crippen molar-refractivity contribution < 1.29 is 19.0 Å². The molecule has 2 aliphatic heterocycles. The van der Waals surface area contributed by atoms with Crippen LogP contribution in [0.4, 0.5) is 0 Å². The molecule has 2 fully saturated rings. The van der Waals surface area contributed by atoms with E-state index < -0.39 is 0 Å². The summed E-state index contributed by atoms with van der Waals surface area (Å²) in [6.45, 7) is 3.74. The quantitative estimate of drug-likeness (QED) is 0.566. The first-order valence-electron chi connectivity index (χ1n) is 10.2. The van der Waals surface area contributed by atoms with E-state index in [1.807, 2.05) is 24.3 Å². The van der Waals surface area contributed by atoms with E-state index in [-0.39, 0.29) is 24.7 Å². The molecule has 3 rings (SSSR count). The smallest absolute Gasteiger partial charge is 0.259 e. The predicted molar refractivity (Wildman–Crippen MR) is 111 cm³/mol. The first-order chi connectivity index (χ1) is 14.1. The molecule has 0 saturated carbocycles. The first-order valence-corrected chi connectivity index (χ1v) is 10.2. The zero-order chi connectivity index (χ0) is 20.6. The van der Waals surface area contributed by atoms with Crippen molar-refractivity contribution >= 4 is 11.9 Å². The number of ether oxygens (including phenoxy) is 3. The van der Waals surface area contributed by atoms with E-state index in [4.69, 9.17) is 14.2 Å². The molecule has 0 aliphatic carbocycles. The Bertz CT molecular complexity index is 704. The molecule has 160 valence electrons. The van der Waals surface area contributed by atoms with Gasteiger partial charge in [-0.25, -0.2) is 0 Å². The molecular formula is C21H32N4O4. The van der Waals surface area contributed by atoms with Crippen molar-refractivity contribution in [2.75, 3.05) is 54.1 Å². The van der Waals surface area contributed by atoms with Gasteiger partial charge in [0.2, 0.25) is 0 Å². The summed E-state index contributed by atoms with van der Waals surface area (Å²) in [7, 11) is 5.23. The molecule has 1 N–H and O–H groups in total. The van der Waals surface area contributed by atoms with E-state index in [0.717, 1.165) is 44.1 Å². The molecule has 2 unspecified atom stereocenters. The number of nitrogens with zero attached hydrogens (tertiary/aromatic N) is 3. The lowest BCUT2D eigenvalue weighted by Gasteiger charge is -2.37. The minimum absolute atomic E-state index is 0.0317. The van der Waals surface area contributed by atoms with E-state index in [0.29, 0.717) is 18.9 Å². The lowest BCUT2D eigenvalue weighted by molar-refractivity contribution is -0.130. The van der Waals surface area contributed by atoms with Gasteiger partial charge >= 0.3 is 0 Å². The summed E-state index contributed by atoms with van der Waals surface area (Å²) in [6.07, 6.45) is 2.45. The van der Waals surface area contributed by atoms with Crippen LogP contribution in [-0.2, 0) is 20.8 Å². The van der Waals surface area contributed by atoms with Gasteiger partial charge in [-0.15, -0.1) is 0 Å². The Morgan fingerprint density at radius 3 is 2.86 bits per heavy atom. The van der Waals surface area contributed by atoms with Crippen molar-refractivity contribution in [1.82, 2.24) is 15.1 Å². The zero-order valence-electron chi connectivity index (χ0n) is 17.6. The number of nitrogens with one attached hydrogen (secondary N) is 1. The summed E-state index contributed by atoms with van der Waals surface area (Å²) >= 11 is 0. The summed E-state index contributed by atoms with van der Waals surface area (Å²) in [6, 6.07) is 7.75. The van der Waals surface area contributed by atoms with E-state index in [2.05, 4.69) is 15.2 Å². The number of rotatable bonds is 6. The third kappa shape index (κ3) is 6.08. The van der Waals surface area contributed by atoms with Gasteiger partial charge in [0.1, 0.15) is 11.9 Å². The van der Waals surface area contributed by atoms with Crippen molar-refractivity contribution in [2.45, 2.75) is 31.6 Å². The number of hydrogen-bond donors (Lipinski definition) is 1. The highest BCUT2D eigenvalue weighted by molar-refractivity contribution is 5.80. The largest absolute Gasteiger partial charge is 0.484 e. The maximum Gasteiger partial charge on any atom is 0.259 e. The van der Waals surface area contributed by atoms with Gasteiger partial charge < -0.3 is 29.3 Å². The van der Waals surface area contributed by atoms with Gasteiger partial charge in [0.05, 0.1) is 12.7 Å². The molecule has 8 nitrogen and oxygen atoms in total. The molecule has 1 aromatic rings. The van der Waals surface area contributed by atoms with E-state index in [9.17, 15) is 4.79 Å². The minimum Gasteiger partial charge on any atom is -0.484 e. The maximum absolute atomic E-state index is 11.7. The van der Waals surface area contributed by atoms with Crippen LogP contribution >= 0.6 is 0 Å². The number of carbonyl (C=O) groups is 1. The van der Waals surface area contributed by atoms with Crippen LogP contribution in [0, 0.1) is 0 Å². The van der Waals surface area contributed by atoms with Crippen LogP contribution in [0.15, 0.2) is 29.3 Å².